The average molecular weight is 278 g/mol. The van der Waals surface area contributed by atoms with Gasteiger partial charge in [0.15, 0.2) is 0 Å². The van der Waals surface area contributed by atoms with E-state index in [2.05, 4.69) is 26.2 Å². The van der Waals surface area contributed by atoms with E-state index in [4.69, 9.17) is 0 Å². The predicted molar refractivity (Wildman–Crippen MR) is 55.4 cm³/mol. The Bertz CT molecular complexity index is 474. The Morgan fingerprint density at radius 1 is 1.64 bits per heavy atom. The molecule has 0 atom stereocenters. The molecule has 0 saturated heterocycles. The van der Waals surface area contributed by atoms with Gasteiger partial charge in [-0.15, -0.1) is 0 Å². The van der Waals surface area contributed by atoms with Crippen LogP contribution in [0.4, 0.5) is 5.82 Å². The molecule has 76 valence electrons. The Morgan fingerprint density at radius 3 is 3.07 bits per heavy atom. The fraction of sp³-hybridized carbons (Fsp3) is 0.286. The van der Waals surface area contributed by atoms with Gasteiger partial charge >= 0.3 is 0 Å². The summed E-state index contributed by atoms with van der Waals surface area (Å²) in [6, 6.07) is 1.54. The SMILES string of the molecule is CN1CNc2ncc(Br)cc2S1(=O)=O. The highest BCUT2D eigenvalue weighted by Gasteiger charge is 2.29. The number of pyridine rings is 1. The van der Waals surface area contributed by atoms with Crippen LogP contribution in [0.25, 0.3) is 0 Å². The average Bonchev–Trinajstić information content (AvgIpc) is 2.13. The Balaban J connectivity index is 2.68. The maximum absolute atomic E-state index is 11.8. The lowest BCUT2D eigenvalue weighted by atomic mass is 10.4. The van der Waals surface area contributed by atoms with Crippen molar-refractivity contribution in [1.29, 1.82) is 0 Å². The summed E-state index contributed by atoms with van der Waals surface area (Å²) in [6.07, 6.45) is 1.56. The largest absolute Gasteiger partial charge is 0.355 e. The van der Waals surface area contributed by atoms with Crippen LogP contribution in [0.5, 0.6) is 0 Å². The van der Waals surface area contributed by atoms with Crippen LogP contribution in [-0.4, -0.2) is 31.4 Å². The van der Waals surface area contributed by atoms with Crippen molar-refractivity contribution in [1.82, 2.24) is 9.29 Å². The highest BCUT2D eigenvalue weighted by Crippen LogP contribution is 2.28. The number of hydrogen-bond donors (Lipinski definition) is 1. The van der Waals surface area contributed by atoms with Crippen molar-refractivity contribution in [3.8, 4) is 0 Å². The molecule has 14 heavy (non-hydrogen) atoms. The Labute approximate surface area is 90.3 Å². The zero-order chi connectivity index (χ0) is 10.3. The fourth-order valence-electron chi connectivity index (χ4n) is 1.19. The quantitative estimate of drug-likeness (QED) is 0.764. The number of rotatable bonds is 0. The third-order valence-electron chi connectivity index (χ3n) is 1.98. The van der Waals surface area contributed by atoms with Gasteiger partial charge in [-0.3, -0.25) is 0 Å². The number of fused-ring (bicyclic) bond motifs is 1. The number of hydrogen-bond acceptors (Lipinski definition) is 4. The number of nitrogens with zero attached hydrogens (tertiary/aromatic N) is 2. The first-order chi connectivity index (χ1) is 6.51. The van der Waals surface area contributed by atoms with Crippen molar-refractivity contribution in [2.75, 3.05) is 19.0 Å². The molecule has 2 rings (SSSR count). The summed E-state index contributed by atoms with van der Waals surface area (Å²) in [6.45, 7) is 0.254. The van der Waals surface area contributed by atoms with E-state index in [0.29, 0.717) is 10.3 Å². The summed E-state index contributed by atoms with van der Waals surface area (Å²) in [5, 5.41) is 2.91. The molecule has 0 amide bonds. The van der Waals surface area contributed by atoms with Crippen molar-refractivity contribution in [3.05, 3.63) is 16.7 Å². The lowest BCUT2D eigenvalue weighted by Gasteiger charge is -2.25. The molecule has 0 fully saturated rings. The van der Waals surface area contributed by atoms with E-state index in [1.807, 2.05) is 0 Å². The van der Waals surface area contributed by atoms with E-state index in [-0.39, 0.29) is 11.6 Å². The molecule has 0 saturated carbocycles. The first-order valence-corrected chi connectivity index (χ1v) is 6.11. The van der Waals surface area contributed by atoms with Gasteiger partial charge in [-0.2, -0.15) is 4.31 Å². The molecule has 2 heterocycles. The summed E-state index contributed by atoms with van der Waals surface area (Å²) in [5.74, 6) is 0.409. The van der Waals surface area contributed by atoms with E-state index in [1.165, 1.54) is 11.4 Å². The molecule has 1 N–H and O–H groups in total. The van der Waals surface area contributed by atoms with E-state index in [9.17, 15) is 8.42 Å². The normalized spacial score (nSPS) is 19.9. The Kier molecular flexibility index (Phi) is 2.24. The molecule has 0 spiro atoms. The van der Waals surface area contributed by atoms with Gasteiger partial charge in [0.05, 0.1) is 6.67 Å². The standard InChI is InChI=1S/C7H8BrN3O2S/c1-11-4-10-7-6(14(11,12)13)2-5(8)3-9-7/h2-3H,4H2,1H3,(H,9,10). The van der Waals surface area contributed by atoms with Crippen LogP contribution in [0.1, 0.15) is 0 Å². The topological polar surface area (TPSA) is 62.3 Å². The summed E-state index contributed by atoms with van der Waals surface area (Å²) >= 11 is 3.19. The van der Waals surface area contributed by atoms with Gasteiger partial charge in [0.1, 0.15) is 10.7 Å². The van der Waals surface area contributed by atoms with E-state index in [0.717, 1.165) is 0 Å². The number of nitrogens with one attached hydrogen (secondary N) is 1. The van der Waals surface area contributed by atoms with Crippen molar-refractivity contribution in [2.45, 2.75) is 4.90 Å². The van der Waals surface area contributed by atoms with E-state index >= 15 is 0 Å². The number of sulfonamides is 1. The first kappa shape index (κ1) is 9.88. The van der Waals surface area contributed by atoms with Crippen LogP contribution in [0.15, 0.2) is 21.6 Å². The second kappa shape index (κ2) is 3.18. The highest BCUT2D eigenvalue weighted by molar-refractivity contribution is 9.10. The van der Waals surface area contributed by atoms with Crippen molar-refractivity contribution < 1.29 is 8.42 Å². The number of anilines is 1. The molecule has 5 nitrogen and oxygen atoms in total. The van der Waals surface area contributed by atoms with Gasteiger partial charge < -0.3 is 5.32 Å². The summed E-state index contributed by atoms with van der Waals surface area (Å²) in [4.78, 5) is 4.19. The third kappa shape index (κ3) is 1.41. The Hall–Kier alpha value is -0.660. The van der Waals surface area contributed by atoms with Gasteiger partial charge in [0.25, 0.3) is 0 Å². The molecule has 1 aromatic heterocycles. The van der Waals surface area contributed by atoms with Crippen LogP contribution in [0, 0.1) is 0 Å². The maximum atomic E-state index is 11.8. The fourth-order valence-corrected chi connectivity index (χ4v) is 2.89. The zero-order valence-corrected chi connectivity index (χ0v) is 9.76. The minimum atomic E-state index is -3.36. The number of halogens is 1. The molecule has 0 aliphatic carbocycles. The van der Waals surface area contributed by atoms with Crippen LogP contribution < -0.4 is 5.32 Å². The molecule has 0 aromatic carbocycles. The molecule has 1 aliphatic heterocycles. The summed E-state index contributed by atoms with van der Waals surface area (Å²) in [5.41, 5.74) is 0. The smallest absolute Gasteiger partial charge is 0.248 e. The third-order valence-corrected chi connectivity index (χ3v) is 4.23. The monoisotopic (exact) mass is 277 g/mol. The molecule has 0 bridgehead atoms. The predicted octanol–water partition coefficient (Wildman–Crippen LogP) is 0.848. The van der Waals surface area contributed by atoms with Gasteiger partial charge in [-0.1, -0.05) is 0 Å². The maximum Gasteiger partial charge on any atom is 0.248 e. The molecule has 0 unspecified atom stereocenters. The molecule has 0 radical (unpaired) electrons. The minimum Gasteiger partial charge on any atom is -0.355 e. The zero-order valence-electron chi connectivity index (χ0n) is 7.36. The van der Waals surface area contributed by atoms with Crippen LogP contribution in [0.2, 0.25) is 0 Å². The van der Waals surface area contributed by atoms with Crippen LogP contribution >= 0.6 is 15.9 Å². The lowest BCUT2D eigenvalue weighted by Crippen LogP contribution is -2.36. The van der Waals surface area contributed by atoms with Gasteiger partial charge in [0, 0.05) is 17.7 Å². The Morgan fingerprint density at radius 2 is 2.36 bits per heavy atom. The molecule has 1 aliphatic rings. The minimum absolute atomic E-state index is 0.209. The van der Waals surface area contributed by atoms with Crippen molar-refractivity contribution in [3.63, 3.8) is 0 Å². The molecular weight excluding hydrogens is 270 g/mol. The van der Waals surface area contributed by atoms with Crippen molar-refractivity contribution >= 4 is 31.8 Å². The molecule has 7 heteroatoms. The first-order valence-electron chi connectivity index (χ1n) is 3.87. The second-order valence-electron chi connectivity index (χ2n) is 2.94. The highest BCUT2D eigenvalue weighted by atomic mass is 79.9. The van der Waals surface area contributed by atoms with Crippen LogP contribution in [-0.2, 0) is 10.0 Å². The van der Waals surface area contributed by atoms with E-state index < -0.39 is 10.0 Å². The van der Waals surface area contributed by atoms with E-state index in [1.54, 1.807) is 12.3 Å². The van der Waals surface area contributed by atoms with Gasteiger partial charge in [0.2, 0.25) is 10.0 Å². The van der Waals surface area contributed by atoms with Crippen molar-refractivity contribution in [2.24, 2.45) is 0 Å². The summed E-state index contributed by atoms with van der Waals surface area (Å²) in [7, 11) is -1.84. The summed E-state index contributed by atoms with van der Waals surface area (Å²) < 4.78 is 25.5. The van der Waals surface area contributed by atoms with Gasteiger partial charge in [-0.25, -0.2) is 13.4 Å². The van der Waals surface area contributed by atoms with Crippen LogP contribution in [0.3, 0.4) is 0 Å². The lowest BCUT2D eigenvalue weighted by molar-refractivity contribution is 0.480. The molecule has 1 aromatic rings. The molecular formula is C7H8BrN3O2S. The second-order valence-corrected chi connectivity index (χ2v) is 5.87. The van der Waals surface area contributed by atoms with Gasteiger partial charge in [-0.05, 0) is 22.0 Å². The number of aromatic nitrogens is 1.